The first kappa shape index (κ1) is 15.8. The van der Waals surface area contributed by atoms with Crippen LogP contribution >= 0.6 is 0 Å². The van der Waals surface area contributed by atoms with Crippen molar-refractivity contribution in [2.45, 2.75) is 38.0 Å². The van der Waals surface area contributed by atoms with E-state index in [9.17, 15) is 18.0 Å². The fourth-order valence-corrected chi connectivity index (χ4v) is 2.33. The Kier molecular flexibility index (Phi) is 4.56. The summed E-state index contributed by atoms with van der Waals surface area (Å²) in [5, 5.41) is 11.8. The smallest absolute Gasteiger partial charge is 0.393 e. The molecular formula is C15H18F3NO2. The third kappa shape index (κ3) is 4.20. The molecule has 1 amide bonds. The van der Waals surface area contributed by atoms with Gasteiger partial charge in [-0.2, -0.15) is 13.2 Å². The molecule has 1 aliphatic rings. The molecule has 116 valence electrons. The first-order valence-corrected chi connectivity index (χ1v) is 6.92. The van der Waals surface area contributed by atoms with Crippen molar-refractivity contribution < 1.29 is 23.1 Å². The zero-order valence-corrected chi connectivity index (χ0v) is 11.7. The van der Waals surface area contributed by atoms with Gasteiger partial charge in [0.25, 0.3) is 0 Å². The third-order valence-electron chi connectivity index (χ3n) is 3.63. The van der Waals surface area contributed by atoms with Crippen molar-refractivity contribution in [1.29, 1.82) is 0 Å². The maximum atomic E-state index is 12.6. The molecule has 21 heavy (non-hydrogen) atoms. The highest BCUT2D eigenvalue weighted by molar-refractivity contribution is 5.82. The Balaban J connectivity index is 1.92. The van der Waals surface area contributed by atoms with E-state index < -0.39 is 17.8 Å². The van der Waals surface area contributed by atoms with Crippen LogP contribution in [0.5, 0.6) is 0 Å². The molecule has 1 aliphatic carbocycles. The average Bonchev–Trinajstić information content (AvgIpc) is 3.17. The maximum absolute atomic E-state index is 12.6. The number of hydrogen-bond acceptors (Lipinski definition) is 2. The van der Waals surface area contributed by atoms with E-state index in [-0.39, 0.29) is 17.7 Å². The monoisotopic (exact) mass is 301 g/mol. The van der Waals surface area contributed by atoms with Gasteiger partial charge in [-0.3, -0.25) is 4.79 Å². The summed E-state index contributed by atoms with van der Waals surface area (Å²) in [5.41, 5.74) is -0.124. The van der Waals surface area contributed by atoms with Crippen LogP contribution in [0.3, 0.4) is 0 Å². The third-order valence-corrected chi connectivity index (χ3v) is 3.63. The number of halogens is 3. The van der Waals surface area contributed by atoms with E-state index in [2.05, 4.69) is 5.32 Å². The summed E-state index contributed by atoms with van der Waals surface area (Å²) < 4.78 is 37.9. The van der Waals surface area contributed by atoms with Gasteiger partial charge in [0.15, 0.2) is 0 Å². The van der Waals surface area contributed by atoms with Crippen LogP contribution in [0.4, 0.5) is 13.2 Å². The van der Waals surface area contributed by atoms with Gasteiger partial charge in [-0.1, -0.05) is 18.2 Å². The molecule has 0 aromatic heterocycles. The lowest BCUT2D eigenvalue weighted by molar-refractivity contribution is -0.137. The zero-order valence-electron chi connectivity index (χ0n) is 11.7. The maximum Gasteiger partial charge on any atom is 0.416 e. The number of alkyl halides is 3. The molecule has 0 radical (unpaired) electrons. The molecular weight excluding hydrogens is 283 g/mol. The van der Waals surface area contributed by atoms with Crippen LogP contribution < -0.4 is 5.32 Å². The molecule has 1 aromatic carbocycles. The summed E-state index contributed by atoms with van der Waals surface area (Å²) in [5.74, 6) is -0.556. The molecule has 0 heterocycles. The van der Waals surface area contributed by atoms with E-state index in [4.69, 9.17) is 5.11 Å². The Labute approximate surface area is 121 Å². The van der Waals surface area contributed by atoms with Crippen LogP contribution in [0.1, 0.15) is 36.8 Å². The number of aliphatic hydroxyl groups is 1. The normalized spacial score (nSPS) is 22.7. The van der Waals surface area contributed by atoms with E-state index in [0.717, 1.165) is 12.1 Å². The molecule has 3 nitrogen and oxygen atoms in total. The van der Waals surface area contributed by atoms with Gasteiger partial charge in [-0.15, -0.1) is 0 Å². The molecule has 1 fully saturated rings. The van der Waals surface area contributed by atoms with Crippen LogP contribution in [0.25, 0.3) is 0 Å². The van der Waals surface area contributed by atoms with Crippen molar-refractivity contribution in [3.05, 3.63) is 35.4 Å². The second kappa shape index (κ2) is 6.05. The minimum Gasteiger partial charge on any atom is -0.393 e. The lowest BCUT2D eigenvalue weighted by Crippen LogP contribution is -2.28. The Bertz CT molecular complexity index is 514. The number of hydrogen-bond donors (Lipinski definition) is 2. The number of carbonyl (C=O) groups excluding carboxylic acids is 1. The minimum atomic E-state index is -4.36. The van der Waals surface area contributed by atoms with E-state index in [0.29, 0.717) is 24.9 Å². The van der Waals surface area contributed by atoms with Crippen LogP contribution in [-0.4, -0.2) is 23.7 Å². The lowest BCUT2D eigenvalue weighted by Gasteiger charge is -2.09. The Hall–Kier alpha value is -1.56. The summed E-state index contributed by atoms with van der Waals surface area (Å²) in [7, 11) is 0. The van der Waals surface area contributed by atoms with Crippen molar-refractivity contribution in [3.8, 4) is 0 Å². The first-order valence-electron chi connectivity index (χ1n) is 6.92. The van der Waals surface area contributed by atoms with Gasteiger partial charge >= 0.3 is 6.18 Å². The van der Waals surface area contributed by atoms with Crippen molar-refractivity contribution in [1.82, 2.24) is 5.32 Å². The second-order valence-corrected chi connectivity index (χ2v) is 5.50. The second-order valence-electron chi connectivity index (χ2n) is 5.50. The largest absolute Gasteiger partial charge is 0.416 e. The highest BCUT2D eigenvalue weighted by Gasteiger charge is 2.44. The SMILES string of the molecule is CC(O)CCNC(=O)C1CC1c1cccc(C(F)(F)F)c1. The molecule has 2 rings (SSSR count). The number of aliphatic hydroxyl groups excluding tert-OH is 1. The molecule has 2 N–H and O–H groups in total. The summed E-state index contributed by atoms with van der Waals surface area (Å²) in [6.45, 7) is 2.01. The first-order chi connectivity index (χ1) is 9.79. The predicted molar refractivity (Wildman–Crippen MR) is 71.6 cm³/mol. The molecule has 6 heteroatoms. The van der Waals surface area contributed by atoms with E-state index in [1.165, 1.54) is 6.07 Å². The fraction of sp³-hybridized carbons (Fsp3) is 0.533. The van der Waals surface area contributed by atoms with Crippen molar-refractivity contribution >= 4 is 5.91 Å². The number of amides is 1. The van der Waals surface area contributed by atoms with Gasteiger partial charge in [0.2, 0.25) is 5.91 Å². The topological polar surface area (TPSA) is 49.3 Å². The average molecular weight is 301 g/mol. The van der Waals surface area contributed by atoms with Gasteiger partial charge in [-0.25, -0.2) is 0 Å². The number of benzene rings is 1. The summed E-state index contributed by atoms with van der Waals surface area (Å²) in [6, 6.07) is 5.15. The molecule has 0 bridgehead atoms. The highest BCUT2D eigenvalue weighted by atomic mass is 19.4. The quantitative estimate of drug-likeness (QED) is 0.878. The van der Waals surface area contributed by atoms with Gasteiger partial charge < -0.3 is 10.4 Å². The van der Waals surface area contributed by atoms with E-state index in [1.807, 2.05) is 0 Å². The summed E-state index contributed by atoms with van der Waals surface area (Å²) in [6.07, 6.45) is -3.81. The van der Waals surface area contributed by atoms with E-state index >= 15 is 0 Å². The molecule has 3 atom stereocenters. The van der Waals surface area contributed by atoms with Crippen molar-refractivity contribution in [3.63, 3.8) is 0 Å². The molecule has 0 saturated heterocycles. The Morgan fingerprint density at radius 3 is 2.81 bits per heavy atom. The van der Waals surface area contributed by atoms with Gasteiger partial charge in [-0.05, 0) is 37.3 Å². The standard InChI is InChI=1S/C15H18F3NO2/c1-9(20)5-6-19-14(21)13-8-12(13)10-3-2-4-11(7-10)15(16,17)18/h2-4,7,9,12-13,20H,5-6,8H2,1H3,(H,19,21). The van der Waals surface area contributed by atoms with Crippen molar-refractivity contribution in [2.75, 3.05) is 6.54 Å². The minimum absolute atomic E-state index is 0.140. The Morgan fingerprint density at radius 1 is 1.48 bits per heavy atom. The molecule has 1 saturated carbocycles. The summed E-state index contributed by atoms with van der Waals surface area (Å²) >= 11 is 0. The lowest BCUT2D eigenvalue weighted by atomic mass is 10.1. The van der Waals surface area contributed by atoms with Crippen molar-refractivity contribution in [2.24, 2.45) is 5.92 Å². The van der Waals surface area contributed by atoms with Crippen LogP contribution in [0.15, 0.2) is 24.3 Å². The van der Waals surface area contributed by atoms with Gasteiger partial charge in [0.1, 0.15) is 0 Å². The Morgan fingerprint density at radius 2 is 2.19 bits per heavy atom. The van der Waals surface area contributed by atoms with Gasteiger partial charge in [0.05, 0.1) is 11.7 Å². The van der Waals surface area contributed by atoms with E-state index in [1.54, 1.807) is 13.0 Å². The van der Waals surface area contributed by atoms with Crippen LogP contribution in [-0.2, 0) is 11.0 Å². The summed E-state index contributed by atoms with van der Waals surface area (Å²) in [4.78, 5) is 11.8. The molecule has 0 spiro atoms. The number of carbonyl (C=O) groups is 1. The van der Waals surface area contributed by atoms with Crippen LogP contribution in [0, 0.1) is 5.92 Å². The molecule has 0 aliphatic heterocycles. The highest BCUT2D eigenvalue weighted by Crippen LogP contribution is 2.48. The zero-order chi connectivity index (χ0) is 15.6. The number of rotatable bonds is 5. The predicted octanol–water partition coefficient (Wildman–Crippen LogP) is 2.70. The molecule has 3 unspecified atom stereocenters. The van der Waals surface area contributed by atoms with Gasteiger partial charge in [0, 0.05) is 12.5 Å². The number of nitrogens with one attached hydrogen (secondary N) is 1. The van der Waals surface area contributed by atoms with Crippen LogP contribution in [0.2, 0.25) is 0 Å². The fourth-order valence-electron chi connectivity index (χ4n) is 2.33. The molecule has 1 aromatic rings.